The minimum Gasteiger partial charge on any atom is -0.445 e. The summed E-state index contributed by atoms with van der Waals surface area (Å²) in [5.41, 5.74) is 13.2. The summed E-state index contributed by atoms with van der Waals surface area (Å²) in [7, 11) is 0. The van der Waals surface area contributed by atoms with Gasteiger partial charge in [-0.1, -0.05) is 136 Å². The van der Waals surface area contributed by atoms with Gasteiger partial charge in [0.25, 0.3) is 0 Å². The third kappa shape index (κ3) is 12.5. The molecule has 228 valence electrons. The van der Waals surface area contributed by atoms with Crippen molar-refractivity contribution in [2.45, 2.75) is 91.5 Å². The molecule has 4 rings (SSSR count). The summed E-state index contributed by atoms with van der Waals surface area (Å²) in [6.45, 7) is 9.34. The van der Waals surface area contributed by atoms with Gasteiger partial charge < -0.3 is 15.4 Å². The first-order valence-corrected chi connectivity index (χ1v) is 15.8. The summed E-state index contributed by atoms with van der Waals surface area (Å²) in [5.74, 6) is 0. The van der Waals surface area contributed by atoms with E-state index >= 15 is 0 Å². The van der Waals surface area contributed by atoms with Crippen molar-refractivity contribution in [3.8, 4) is 0 Å². The maximum atomic E-state index is 13.0. The van der Waals surface area contributed by atoms with E-state index < -0.39 is 0 Å². The van der Waals surface area contributed by atoms with Gasteiger partial charge in [-0.25, -0.2) is 4.79 Å². The lowest BCUT2D eigenvalue weighted by Crippen LogP contribution is -2.39. The minimum atomic E-state index is -0.280. The third-order valence-electron chi connectivity index (χ3n) is 7.38. The summed E-state index contributed by atoms with van der Waals surface area (Å²) in [6, 6.07) is 37.7. The van der Waals surface area contributed by atoms with E-state index in [1.165, 1.54) is 35.1 Å². The monoisotopic (exact) mass is 578 g/mol. The fraction of sp³-hybridized carbons (Fsp3) is 0.359. The molecular formula is C39H50N2O2. The molecule has 0 heterocycles. The molecule has 43 heavy (non-hydrogen) atoms. The van der Waals surface area contributed by atoms with E-state index in [0.717, 1.165) is 36.8 Å². The molecule has 2 N–H and O–H groups in total. The second-order valence-corrected chi connectivity index (χ2v) is 11.5. The van der Waals surface area contributed by atoms with Crippen LogP contribution in [0.5, 0.6) is 0 Å². The largest absolute Gasteiger partial charge is 0.445 e. The van der Waals surface area contributed by atoms with E-state index in [-0.39, 0.29) is 24.8 Å². The summed E-state index contributed by atoms with van der Waals surface area (Å²) >= 11 is 0. The van der Waals surface area contributed by atoms with Crippen molar-refractivity contribution >= 4 is 6.09 Å². The van der Waals surface area contributed by atoms with Crippen LogP contribution in [0, 0.1) is 0 Å². The van der Waals surface area contributed by atoms with Gasteiger partial charge in [-0.2, -0.15) is 0 Å². The Hall–Kier alpha value is -3.89. The average Bonchev–Trinajstić information content (AvgIpc) is 3.02. The quantitative estimate of drug-likeness (QED) is 0.172. The standard InChI is InChI=1S/C27H31NO2.C12H19N/c1-3-10-23-15-17-24(18-16-23)19-22(2)28(20-25-11-6-4-7-12-25)27(29)30-21-26-13-8-5-9-14-26;1-3-4-11-5-7-12(8-6-11)9-10(2)13/h4-9,11-18,22H,3,10,19-21H2,1-2H3;5-8,10H,3-4,9,13H2,1-2H3. The molecule has 0 aliphatic heterocycles. The molecular weight excluding hydrogens is 528 g/mol. The molecule has 4 heteroatoms. The van der Waals surface area contributed by atoms with Crippen LogP contribution in [0.2, 0.25) is 0 Å². The molecule has 0 spiro atoms. The predicted octanol–water partition coefficient (Wildman–Crippen LogP) is 8.94. The lowest BCUT2D eigenvalue weighted by Gasteiger charge is -2.29. The van der Waals surface area contributed by atoms with Crippen LogP contribution in [0.4, 0.5) is 4.79 Å². The number of ether oxygens (including phenoxy) is 1. The Morgan fingerprint density at radius 1 is 0.628 bits per heavy atom. The molecule has 4 aromatic carbocycles. The van der Waals surface area contributed by atoms with Crippen molar-refractivity contribution in [3.05, 3.63) is 143 Å². The summed E-state index contributed by atoms with van der Waals surface area (Å²) in [6.07, 6.45) is 6.13. The highest BCUT2D eigenvalue weighted by atomic mass is 16.6. The van der Waals surface area contributed by atoms with Gasteiger partial charge in [0.15, 0.2) is 0 Å². The van der Waals surface area contributed by atoms with E-state index in [1.807, 2.05) is 72.5 Å². The highest BCUT2D eigenvalue weighted by Crippen LogP contribution is 2.17. The van der Waals surface area contributed by atoms with Crippen LogP contribution < -0.4 is 5.73 Å². The Kier molecular flexibility index (Phi) is 14.5. The zero-order valence-corrected chi connectivity index (χ0v) is 26.5. The van der Waals surface area contributed by atoms with Crippen LogP contribution in [0.3, 0.4) is 0 Å². The lowest BCUT2D eigenvalue weighted by molar-refractivity contribution is 0.0799. The minimum absolute atomic E-state index is 0.0190. The molecule has 0 saturated heterocycles. The van der Waals surface area contributed by atoms with E-state index in [1.54, 1.807) is 0 Å². The summed E-state index contributed by atoms with van der Waals surface area (Å²) < 4.78 is 5.66. The molecule has 0 aliphatic rings. The maximum absolute atomic E-state index is 13.0. The zero-order valence-electron chi connectivity index (χ0n) is 26.5. The topological polar surface area (TPSA) is 55.6 Å². The first-order valence-electron chi connectivity index (χ1n) is 15.8. The van der Waals surface area contributed by atoms with E-state index in [0.29, 0.717) is 6.54 Å². The number of rotatable bonds is 13. The van der Waals surface area contributed by atoms with Crippen LogP contribution >= 0.6 is 0 Å². The molecule has 4 aromatic rings. The molecule has 0 aromatic heterocycles. The number of carbonyl (C=O) groups excluding carboxylic acids is 1. The van der Waals surface area contributed by atoms with Crippen LogP contribution in [0.1, 0.15) is 73.9 Å². The smallest absolute Gasteiger partial charge is 0.410 e. The Morgan fingerprint density at radius 2 is 1.07 bits per heavy atom. The van der Waals surface area contributed by atoms with Crippen molar-refractivity contribution in [3.63, 3.8) is 0 Å². The van der Waals surface area contributed by atoms with E-state index in [4.69, 9.17) is 10.5 Å². The van der Waals surface area contributed by atoms with Crippen molar-refractivity contribution in [1.29, 1.82) is 0 Å². The molecule has 2 unspecified atom stereocenters. The fourth-order valence-corrected chi connectivity index (χ4v) is 5.07. The van der Waals surface area contributed by atoms with Gasteiger partial charge in [-0.3, -0.25) is 0 Å². The average molecular weight is 579 g/mol. The van der Waals surface area contributed by atoms with Crippen LogP contribution in [0.15, 0.2) is 109 Å². The Balaban J connectivity index is 0.000000326. The number of nitrogens with two attached hydrogens (primary N) is 1. The normalized spacial score (nSPS) is 12.0. The van der Waals surface area contributed by atoms with E-state index in [9.17, 15) is 4.79 Å². The number of carbonyl (C=O) groups is 1. The first-order chi connectivity index (χ1) is 20.9. The fourth-order valence-electron chi connectivity index (χ4n) is 5.07. The predicted molar refractivity (Wildman–Crippen MR) is 180 cm³/mol. The van der Waals surface area contributed by atoms with Crippen molar-refractivity contribution < 1.29 is 9.53 Å². The Bertz CT molecular complexity index is 1300. The van der Waals surface area contributed by atoms with Gasteiger partial charge in [0.1, 0.15) is 6.61 Å². The Morgan fingerprint density at radius 3 is 1.53 bits per heavy atom. The summed E-state index contributed by atoms with van der Waals surface area (Å²) in [5, 5.41) is 0. The SMILES string of the molecule is CCCc1ccc(CC(C)N(Cc2ccccc2)C(=O)OCc2ccccc2)cc1.CCCc1ccc(CC(C)N)cc1. The molecule has 0 bridgehead atoms. The highest BCUT2D eigenvalue weighted by Gasteiger charge is 2.22. The van der Waals surface area contributed by atoms with Gasteiger partial charge >= 0.3 is 6.09 Å². The van der Waals surface area contributed by atoms with Gasteiger partial charge in [-0.05, 0) is 72.9 Å². The van der Waals surface area contributed by atoms with Gasteiger partial charge in [-0.15, -0.1) is 0 Å². The van der Waals surface area contributed by atoms with Gasteiger partial charge in [0.05, 0.1) is 0 Å². The van der Waals surface area contributed by atoms with Gasteiger partial charge in [0.2, 0.25) is 0 Å². The highest BCUT2D eigenvalue weighted by molar-refractivity contribution is 5.68. The molecule has 1 amide bonds. The van der Waals surface area contributed by atoms with Gasteiger partial charge in [0, 0.05) is 18.6 Å². The van der Waals surface area contributed by atoms with Crippen LogP contribution in [-0.4, -0.2) is 23.1 Å². The number of hydrogen-bond acceptors (Lipinski definition) is 3. The molecule has 0 radical (unpaired) electrons. The first kappa shape index (κ1) is 33.6. The number of hydrogen-bond donors (Lipinski definition) is 1. The zero-order chi connectivity index (χ0) is 30.9. The lowest BCUT2D eigenvalue weighted by atomic mass is 10.0. The van der Waals surface area contributed by atoms with Crippen molar-refractivity contribution in [2.24, 2.45) is 5.73 Å². The molecule has 0 saturated carbocycles. The third-order valence-corrected chi connectivity index (χ3v) is 7.38. The molecule has 2 atom stereocenters. The van der Waals surface area contributed by atoms with Crippen molar-refractivity contribution in [1.82, 2.24) is 4.90 Å². The maximum Gasteiger partial charge on any atom is 0.410 e. The summed E-state index contributed by atoms with van der Waals surface area (Å²) in [4.78, 5) is 14.8. The van der Waals surface area contributed by atoms with Crippen molar-refractivity contribution in [2.75, 3.05) is 0 Å². The van der Waals surface area contributed by atoms with Crippen LogP contribution in [-0.2, 0) is 43.6 Å². The molecule has 0 aliphatic carbocycles. The number of aryl methyl sites for hydroxylation is 2. The number of benzene rings is 4. The molecule has 4 nitrogen and oxygen atoms in total. The molecule has 0 fully saturated rings. The second kappa shape index (κ2) is 18.6. The van der Waals surface area contributed by atoms with E-state index in [2.05, 4.69) is 69.3 Å². The Labute approximate surface area is 259 Å². The number of amides is 1. The van der Waals surface area contributed by atoms with Crippen LogP contribution in [0.25, 0.3) is 0 Å². The number of nitrogens with zero attached hydrogens (tertiary/aromatic N) is 1. The second-order valence-electron chi connectivity index (χ2n) is 11.5.